The zero-order chi connectivity index (χ0) is 15.3. The van der Waals surface area contributed by atoms with E-state index in [9.17, 15) is 9.90 Å². The second-order valence-corrected chi connectivity index (χ2v) is 5.78. The van der Waals surface area contributed by atoms with E-state index in [-0.39, 0.29) is 0 Å². The first-order valence-corrected chi connectivity index (χ1v) is 7.92. The molecule has 1 aliphatic heterocycles. The quantitative estimate of drug-likeness (QED) is 0.810. The molecule has 2 unspecified atom stereocenters. The number of carboxylic acids is 1. The topological polar surface area (TPSA) is 52.6 Å². The van der Waals surface area contributed by atoms with E-state index in [2.05, 4.69) is 17.1 Å². The van der Waals surface area contributed by atoms with Gasteiger partial charge in [-0.3, -0.25) is 10.2 Å². The van der Waals surface area contributed by atoms with Gasteiger partial charge in [-0.25, -0.2) is 4.79 Å². The van der Waals surface area contributed by atoms with Crippen molar-refractivity contribution < 1.29 is 9.90 Å². The van der Waals surface area contributed by atoms with Crippen LogP contribution in [-0.2, 0) is 10.3 Å². The molecule has 1 aliphatic rings. The van der Waals surface area contributed by atoms with Crippen molar-refractivity contribution in [1.29, 1.82) is 0 Å². The number of carboxylic acid groups (broad SMARTS) is 1. The predicted octanol–water partition coefficient (Wildman–Crippen LogP) is 2.45. The van der Waals surface area contributed by atoms with E-state index in [1.54, 1.807) is 0 Å². The number of benzene rings is 1. The lowest BCUT2D eigenvalue weighted by Crippen LogP contribution is -2.57. The SMILES string of the molecule is CCNC(CN1CCCC1CC)(C(=O)O)c1ccccc1. The van der Waals surface area contributed by atoms with Crippen LogP contribution in [0.2, 0.25) is 0 Å². The highest BCUT2D eigenvalue weighted by atomic mass is 16.4. The highest BCUT2D eigenvalue weighted by Crippen LogP contribution is 2.28. The van der Waals surface area contributed by atoms with Crippen LogP contribution in [0.15, 0.2) is 30.3 Å². The number of aliphatic carboxylic acids is 1. The van der Waals surface area contributed by atoms with Crippen molar-refractivity contribution in [3.8, 4) is 0 Å². The minimum atomic E-state index is -1.02. The first-order valence-electron chi connectivity index (χ1n) is 7.92. The van der Waals surface area contributed by atoms with Gasteiger partial charge >= 0.3 is 5.97 Å². The lowest BCUT2D eigenvalue weighted by atomic mass is 9.88. The van der Waals surface area contributed by atoms with E-state index in [4.69, 9.17) is 0 Å². The van der Waals surface area contributed by atoms with Gasteiger partial charge < -0.3 is 5.11 Å². The number of hydrogen-bond donors (Lipinski definition) is 2. The van der Waals surface area contributed by atoms with Gasteiger partial charge in [-0.2, -0.15) is 0 Å². The number of likely N-dealkylation sites (tertiary alicyclic amines) is 1. The Morgan fingerprint density at radius 3 is 2.67 bits per heavy atom. The van der Waals surface area contributed by atoms with Crippen LogP contribution in [0.1, 0.15) is 38.7 Å². The molecule has 0 radical (unpaired) electrons. The molecule has 0 bridgehead atoms. The lowest BCUT2D eigenvalue weighted by Gasteiger charge is -2.37. The van der Waals surface area contributed by atoms with Gasteiger partial charge in [0, 0.05) is 12.6 Å². The smallest absolute Gasteiger partial charge is 0.329 e. The van der Waals surface area contributed by atoms with E-state index in [1.807, 2.05) is 37.3 Å². The molecule has 1 aromatic carbocycles. The molecule has 0 spiro atoms. The van der Waals surface area contributed by atoms with Gasteiger partial charge in [0.2, 0.25) is 0 Å². The number of likely N-dealkylation sites (N-methyl/N-ethyl adjacent to an activating group) is 1. The Morgan fingerprint density at radius 1 is 1.38 bits per heavy atom. The Balaban J connectivity index is 2.33. The molecule has 0 aromatic heterocycles. The van der Waals surface area contributed by atoms with Gasteiger partial charge in [0.25, 0.3) is 0 Å². The van der Waals surface area contributed by atoms with Crippen LogP contribution < -0.4 is 5.32 Å². The number of nitrogens with zero attached hydrogens (tertiary/aromatic N) is 1. The molecule has 0 aliphatic carbocycles. The molecule has 1 aromatic rings. The van der Waals surface area contributed by atoms with Crippen molar-refractivity contribution >= 4 is 5.97 Å². The summed E-state index contributed by atoms with van der Waals surface area (Å²) in [6.45, 7) is 6.29. The summed E-state index contributed by atoms with van der Waals surface area (Å²) < 4.78 is 0. The maximum Gasteiger partial charge on any atom is 0.329 e. The molecule has 1 fully saturated rings. The normalized spacial score (nSPS) is 22.1. The van der Waals surface area contributed by atoms with Gasteiger partial charge in [-0.05, 0) is 37.9 Å². The fourth-order valence-corrected chi connectivity index (χ4v) is 3.41. The van der Waals surface area contributed by atoms with Crippen molar-refractivity contribution in [2.75, 3.05) is 19.6 Å². The number of hydrogen-bond acceptors (Lipinski definition) is 3. The Bertz CT molecular complexity index is 463. The molecular weight excluding hydrogens is 264 g/mol. The Kier molecular flexibility index (Phi) is 5.37. The summed E-state index contributed by atoms with van der Waals surface area (Å²) >= 11 is 0. The zero-order valence-electron chi connectivity index (χ0n) is 13.0. The summed E-state index contributed by atoms with van der Waals surface area (Å²) in [6.07, 6.45) is 3.42. The van der Waals surface area contributed by atoms with Crippen LogP contribution in [-0.4, -0.2) is 41.7 Å². The number of carbonyl (C=O) groups is 1. The molecule has 1 heterocycles. The van der Waals surface area contributed by atoms with Crippen LogP contribution in [0.25, 0.3) is 0 Å². The third-order valence-electron chi connectivity index (χ3n) is 4.52. The molecule has 4 heteroatoms. The van der Waals surface area contributed by atoms with Crippen molar-refractivity contribution in [1.82, 2.24) is 10.2 Å². The fourth-order valence-electron chi connectivity index (χ4n) is 3.41. The molecule has 0 saturated carbocycles. The minimum absolute atomic E-state index is 0.506. The third kappa shape index (κ3) is 3.27. The van der Waals surface area contributed by atoms with E-state index in [1.165, 1.54) is 6.42 Å². The predicted molar refractivity (Wildman–Crippen MR) is 84.3 cm³/mol. The molecule has 2 rings (SSSR count). The summed E-state index contributed by atoms with van der Waals surface area (Å²) in [6, 6.07) is 10.1. The van der Waals surface area contributed by atoms with Gasteiger partial charge in [-0.1, -0.05) is 44.2 Å². The Morgan fingerprint density at radius 2 is 2.10 bits per heavy atom. The van der Waals surface area contributed by atoms with Gasteiger partial charge in [-0.15, -0.1) is 0 Å². The summed E-state index contributed by atoms with van der Waals surface area (Å²) in [4.78, 5) is 14.4. The highest BCUT2D eigenvalue weighted by Gasteiger charge is 2.43. The first kappa shape index (κ1) is 16.0. The van der Waals surface area contributed by atoms with Crippen molar-refractivity contribution in [3.63, 3.8) is 0 Å². The van der Waals surface area contributed by atoms with E-state index in [0.29, 0.717) is 19.1 Å². The molecule has 1 saturated heterocycles. The maximum absolute atomic E-state index is 12.1. The summed E-state index contributed by atoms with van der Waals surface area (Å²) in [7, 11) is 0. The largest absolute Gasteiger partial charge is 0.480 e. The monoisotopic (exact) mass is 290 g/mol. The Labute approximate surface area is 127 Å². The highest BCUT2D eigenvalue weighted by molar-refractivity contribution is 5.81. The first-order chi connectivity index (χ1) is 10.1. The van der Waals surface area contributed by atoms with Crippen LogP contribution in [0, 0.1) is 0 Å². The van der Waals surface area contributed by atoms with Crippen molar-refractivity contribution in [3.05, 3.63) is 35.9 Å². The van der Waals surface area contributed by atoms with Crippen molar-refractivity contribution in [2.24, 2.45) is 0 Å². The van der Waals surface area contributed by atoms with Crippen LogP contribution in [0.4, 0.5) is 0 Å². The number of rotatable bonds is 7. The summed E-state index contributed by atoms with van der Waals surface area (Å²) in [5, 5.41) is 13.2. The third-order valence-corrected chi connectivity index (χ3v) is 4.52. The van der Waals surface area contributed by atoms with Crippen LogP contribution >= 0.6 is 0 Å². The lowest BCUT2D eigenvalue weighted by molar-refractivity contribution is -0.146. The molecule has 4 nitrogen and oxygen atoms in total. The van der Waals surface area contributed by atoms with E-state index in [0.717, 1.165) is 24.9 Å². The fraction of sp³-hybridized carbons (Fsp3) is 0.588. The standard InChI is InChI=1S/C17H26N2O2/c1-3-15-11-8-12-19(15)13-17(16(20)21,18-4-2)14-9-6-5-7-10-14/h5-7,9-10,15,18H,3-4,8,11-13H2,1-2H3,(H,20,21). The minimum Gasteiger partial charge on any atom is -0.480 e. The molecule has 116 valence electrons. The second kappa shape index (κ2) is 7.05. The molecule has 0 amide bonds. The molecule has 21 heavy (non-hydrogen) atoms. The average Bonchev–Trinajstić information content (AvgIpc) is 2.94. The molecular formula is C17H26N2O2. The van der Waals surface area contributed by atoms with Crippen molar-refractivity contribution in [2.45, 2.75) is 44.7 Å². The van der Waals surface area contributed by atoms with Gasteiger partial charge in [0.15, 0.2) is 5.54 Å². The summed E-state index contributed by atoms with van der Waals surface area (Å²) in [5.41, 5.74) is -0.186. The van der Waals surface area contributed by atoms with Gasteiger partial charge in [0.1, 0.15) is 0 Å². The van der Waals surface area contributed by atoms with Crippen LogP contribution in [0.5, 0.6) is 0 Å². The summed E-state index contributed by atoms with van der Waals surface area (Å²) in [5.74, 6) is -0.794. The molecule has 2 atom stereocenters. The Hall–Kier alpha value is -1.39. The van der Waals surface area contributed by atoms with Crippen LogP contribution in [0.3, 0.4) is 0 Å². The zero-order valence-corrected chi connectivity index (χ0v) is 13.0. The second-order valence-electron chi connectivity index (χ2n) is 5.78. The average molecular weight is 290 g/mol. The molecule has 2 N–H and O–H groups in total. The maximum atomic E-state index is 12.1. The van der Waals surface area contributed by atoms with Gasteiger partial charge in [0.05, 0.1) is 0 Å². The van der Waals surface area contributed by atoms with E-state index >= 15 is 0 Å². The number of nitrogens with one attached hydrogen (secondary N) is 1. The van der Waals surface area contributed by atoms with E-state index < -0.39 is 11.5 Å².